The third kappa shape index (κ3) is 3.67. The van der Waals surface area contributed by atoms with Crippen molar-refractivity contribution in [2.75, 3.05) is 5.32 Å². The Kier molecular flexibility index (Phi) is 5.06. The van der Waals surface area contributed by atoms with Crippen LogP contribution >= 0.6 is 0 Å². The molecule has 0 atom stereocenters. The monoisotopic (exact) mass is 399 g/mol. The molecule has 150 valence electrons. The Balaban J connectivity index is 1.55. The van der Waals surface area contributed by atoms with E-state index in [1.165, 1.54) is 6.92 Å². The molecule has 2 aromatic carbocycles. The summed E-state index contributed by atoms with van der Waals surface area (Å²) in [6, 6.07) is 20.2. The number of aryl methyl sites for hydroxylation is 1. The fraction of sp³-hybridized carbons (Fsp3) is 0.125. The Morgan fingerprint density at radius 2 is 1.63 bits per heavy atom. The SMILES string of the molecule is CC(=O)c1ccc(-c2ccc(C(=O)Nc3c(C)nn(-c4ccccc4)c3C)o2)cc1. The third-order valence-corrected chi connectivity index (χ3v) is 4.94. The maximum Gasteiger partial charge on any atom is 0.291 e. The quantitative estimate of drug-likeness (QED) is 0.468. The summed E-state index contributed by atoms with van der Waals surface area (Å²) in [6.07, 6.45) is 0. The predicted octanol–water partition coefficient (Wildman–Crippen LogP) is 5.20. The normalized spacial score (nSPS) is 10.8. The zero-order valence-electron chi connectivity index (χ0n) is 17.0. The first-order chi connectivity index (χ1) is 14.4. The summed E-state index contributed by atoms with van der Waals surface area (Å²) >= 11 is 0. The number of benzene rings is 2. The number of nitrogens with zero attached hydrogens (tertiary/aromatic N) is 2. The lowest BCUT2D eigenvalue weighted by molar-refractivity contribution is 0.0994. The van der Waals surface area contributed by atoms with Crippen LogP contribution in [-0.4, -0.2) is 21.5 Å². The Morgan fingerprint density at radius 3 is 2.30 bits per heavy atom. The molecule has 6 heteroatoms. The number of hydrogen-bond donors (Lipinski definition) is 1. The van der Waals surface area contributed by atoms with Crippen LogP contribution in [0.25, 0.3) is 17.0 Å². The van der Waals surface area contributed by atoms with Crippen LogP contribution in [0.4, 0.5) is 5.69 Å². The van der Waals surface area contributed by atoms with E-state index in [-0.39, 0.29) is 17.5 Å². The summed E-state index contributed by atoms with van der Waals surface area (Å²) in [4.78, 5) is 24.2. The number of aromatic nitrogens is 2. The molecule has 0 radical (unpaired) electrons. The largest absolute Gasteiger partial charge is 0.451 e. The van der Waals surface area contributed by atoms with Gasteiger partial charge in [0, 0.05) is 11.1 Å². The van der Waals surface area contributed by atoms with Crippen LogP contribution < -0.4 is 5.32 Å². The van der Waals surface area contributed by atoms with Gasteiger partial charge in [-0.25, -0.2) is 4.68 Å². The molecule has 30 heavy (non-hydrogen) atoms. The molecule has 0 spiro atoms. The van der Waals surface area contributed by atoms with Crippen molar-refractivity contribution in [3.05, 3.63) is 89.4 Å². The number of anilines is 1. The minimum absolute atomic E-state index is 0.00264. The van der Waals surface area contributed by atoms with E-state index in [0.29, 0.717) is 17.0 Å². The lowest BCUT2D eigenvalue weighted by Crippen LogP contribution is -2.12. The van der Waals surface area contributed by atoms with Crippen molar-refractivity contribution in [1.29, 1.82) is 0 Å². The number of carbonyl (C=O) groups excluding carboxylic acids is 2. The summed E-state index contributed by atoms with van der Waals surface area (Å²) in [6.45, 7) is 5.28. The van der Waals surface area contributed by atoms with Gasteiger partial charge in [-0.3, -0.25) is 9.59 Å². The average molecular weight is 399 g/mol. The van der Waals surface area contributed by atoms with E-state index >= 15 is 0 Å². The number of furan rings is 1. The zero-order valence-corrected chi connectivity index (χ0v) is 17.0. The van der Waals surface area contributed by atoms with Gasteiger partial charge in [-0.05, 0) is 45.0 Å². The highest BCUT2D eigenvalue weighted by molar-refractivity contribution is 6.03. The molecule has 0 aliphatic heterocycles. The topological polar surface area (TPSA) is 77.1 Å². The highest BCUT2D eigenvalue weighted by Crippen LogP contribution is 2.26. The number of carbonyl (C=O) groups is 2. The maximum absolute atomic E-state index is 12.8. The standard InChI is InChI=1S/C24H21N3O3/c1-15-23(16(2)27(26-15)20-7-5-4-6-8-20)25-24(29)22-14-13-21(30-22)19-11-9-18(10-12-19)17(3)28/h4-14H,1-3H3,(H,25,29). The molecular weight excluding hydrogens is 378 g/mol. The van der Waals surface area contributed by atoms with Gasteiger partial charge >= 0.3 is 0 Å². The van der Waals surface area contributed by atoms with Crippen molar-refractivity contribution in [1.82, 2.24) is 9.78 Å². The van der Waals surface area contributed by atoms with Crippen LogP contribution in [0.1, 0.15) is 39.2 Å². The highest BCUT2D eigenvalue weighted by atomic mass is 16.3. The molecular formula is C24H21N3O3. The summed E-state index contributed by atoms with van der Waals surface area (Å²) in [5.74, 6) is 0.416. The molecule has 1 N–H and O–H groups in total. The molecule has 0 saturated carbocycles. The lowest BCUT2D eigenvalue weighted by Gasteiger charge is -2.06. The fourth-order valence-electron chi connectivity index (χ4n) is 3.30. The van der Waals surface area contributed by atoms with Gasteiger partial charge in [0.2, 0.25) is 0 Å². The third-order valence-electron chi connectivity index (χ3n) is 4.94. The van der Waals surface area contributed by atoms with Gasteiger partial charge in [-0.2, -0.15) is 5.10 Å². The second-order valence-electron chi connectivity index (χ2n) is 7.04. The summed E-state index contributed by atoms with van der Waals surface area (Å²) < 4.78 is 7.55. The first-order valence-corrected chi connectivity index (χ1v) is 9.58. The van der Waals surface area contributed by atoms with E-state index in [9.17, 15) is 9.59 Å². The maximum atomic E-state index is 12.8. The first-order valence-electron chi connectivity index (χ1n) is 9.58. The Hall–Kier alpha value is -3.93. The van der Waals surface area contributed by atoms with Gasteiger partial charge in [-0.1, -0.05) is 42.5 Å². The number of para-hydroxylation sites is 1. The van der Waals surface area contributed by atoms with Crippen LogP contribution in [0.3, 0.4) is 0 Å². The molecule has 0 fully saturated rings. The molecule has 2 heterocycles. The van der Waals surface area contributed by atoms with E-state index < -0.39 is 0 Å². The van der Waals surface area contributed by atoms with Crippen molar-refractivity contribution in [3.8, 4) is 17.0 Å². The highest BCUT2D eigenvalue weighted by Gasteiger charge is 2.18. The molecule has 6 nitrogen and oxygen atoms in total. The van der Waals surface area contributed by atoms with E-state index in [2.05, 4.69) is 10.4 Å². The molecule has 0 bridgehead atoms. The van der Waals surface area contributed by atoms with Crippen molar-refractivity contribution < 1.29 is 14.0 Å². The van der Waals surface area contributed by atoms with Crippen molar-refractivity contribution in [2.24, 2.45) is 0 Å². The minimum Gasteiger partial charge on any atom is -0.451 e. The Labute approximate surface area is 174 Å². The van der Waals surface area contributed by atoms with Gasteiger partial charge in [0.15, 0.2) is 11.5 Å². The molecule has 1 amide bonds. The first kappa shape index (κ1) is 19.4. The average Bonchev–Trinajstić information content (AvgIpc) is 3.35. The summed E-state index contributed by atoms with van der Waals surface area (Å²) in [5, 5.41) is 7.46. The van der Waals surface area contributed by atoms with E-state index in [1.807, 2.05) is 44.2 Å². The molecule has 0 unspecified atom stereocenters. The smallest absolute Gasteiger partial charge is 0.291 e. The van der Waals surface area contributed by atoms with Crippen LogP contribution in [0.2, 0.25) is 0 Å². The fourth-order valence-corrected chi connectivity index (χ4v) is 3.30. The molecule has 0 aliphatic rings. The van der Waals surface area contributed by atoms with Gasteiger partial charge < -0.3 is 9.73 Å². The van der Waals surface area contributed by atoms with Crippen LogP contribution in [0, 0.1) is 13.8 Å². The van der Waals surface area contributed by atoms with Crippen molar-refractivity contribution >= 4 is 17.4 Å². The Morgan fingerprint density at radius 1 is 0.933 bits per heavy atom. The number of ketones is 1. The van der Waals surface area contributed by atoms with Crippen LogP contribution in [0.5, 0.6) is 0 Å². The molecule has 4 rings (SSSR count). The second-order valence-corrected chi connectivity index (χ2v) is 7.04. The number of rotatable bonds is 5. The van der Waals surface area contributed by atoms with Gasteiger partial charge in [-0.15, -0.1) is 0 Å². The predicted molar refractivity (Wildman–Crippen MR) is 115 cm³/mol. The van der Waals surface area contributed by atoms with E-state index in [4.69, 9.17) is 4.42 Å². The van der Waals surface area contributed by atoms with E-state index in [0.717, 1.165) is 22.6 Å². The molecule has 0 saturated heterocycles. The Bertz CT molecular complexity index is 1220. The molecule has 2 aromatic heterocycles. The van der Waals surface area contributed by atoms with Gasteiger partial charge in [0.25, 0.3) is 5.91 Å². The van der Waals surface area contributed by atoms with Crippen LogP contribution in [-0.2, 0) is 0 Å². The lowest BCUT2D eigenvalue weighted by atomic mass is 10.1. The molecule has 4 aromatic rings. The molecule has 0 aliphatic carbocycles. The summed E-state index contributed by atoms with van der Waals surface area (Å²) in [5.41, 5.74) is 4.56. The van der Waals surface area contributed by atoms with Crippen molar-refractivity contribution in [2.45, 2.75) is 20.8 Å². The second kappa shape index (κ2) is 7.83. The van der Waals surface area contributed by atoms with E-state index in [1.54, 1.807) is 41.1 Å². The number of amides is 1. The number of Topliss-reactive ketones (excluding diaryl/α,β-unsaturated/α-hetero) is 1. The number of nitrogens with one attached hydrogen (secondary N) is 1. The van der Waals surface area contributed by atoms with Crippen molar-refractivity contribution in [3.63, 3.8) is 0 Å². The summed E-state index contributed by atoms with van der Waals surface area (Å²) in [7, 11) is 0. The minimum atomic E-state index is -0.347. The van der Waals surface area contributed by atoms with Gasteiger partial charge in [0.1, 0.15) is 5.76 Å². The van der Waals surface area contributed by atoms with Gasteiger partial charge in [0.05, 0.1) is 22.8 Å². The number of hydrogen-bond acceptors (Lipinski definition) is 4. The van der Waals surface area contributed by atoms with Crippen LogP contribution in [0.15, 0.2) is 71.1 Å². The zero-order chi connectivity index (χ0) is 21.3.